The Labute approximate surface area is 157 Å². The van der Waals surface area contributed by atoms with Gasteiger partial charge in [-0.2, -0.15) is 5.10 Å². The number of piperidine rings is 1. The van der Waals surface area contributed by atoms with Crippen molar-refractivity contribution in [2.45, 2.75) is 25.8 Å². The lowest BCUT2D eigenvalue weighted by Gasteiger charge is -2.39. The summed E-state index contributed by atoms with van der Waals surface area (Å²) in [5.41, 5.74) is 0.966. The Bertz CT molecular complexity index is 863. The number of halogens is 1. The van der Waals surface area contributed by atoms with Crippen molar-refractivity contribution in [2.75, 3.05) is 19.6 Å². The number of rotatable bonds is 3. The molecule has 2 fully saturated rings. The summed E-state index contributed by atoms with van der Waals surface area (Å²) >= 11 is 0. The van der Waals surface area contributed by atoms with Gasteiger partial charge in [0, 0.05) is 39.4 Å². The Balaban J connectivity index is 1.48. The molecule has 3 heterocycles. The molecule has 2 saturated heterocycles. The van der Waals surface area contributed by atoms with Gasteiger partial charge < -0.3 is 9.80 Å². The summed E-state index contributed by atoms with van der Waals surface area (Å²) < 4.78 is 14.7. The molecule has 1 atom stereocenters. The third kappa shape index (κ3) is 3.22. The molecule has 2 aliphatic rings. The van der Waals surface area contributed by atoms with Gasteiger partial charge in [0.05, 0.1) is 5.41 Å². The third-order valence-corrected chi connectivity index (χ3v) is 5.79. The Kier molecular flexibility index (Phi) is 4.45. The summed E-state index contributed by atoms with van der Waals surface area (Å²) in [7, 11) is 1.75. The van der Waals surface area contributed by atoms with Gasteiger partial charge in [0.25, 0.3) is 5.91 Å². The van der Waals surface area contributed by atoms with Crippen molar-refractivity contribution in [3.63, 3.8) is 0 Å². The molecule has 0 N–H and O–H groups in total. The van der Waals surface area contributed by atoms with Crippen LogP contribution in [0.25, 0.3) is 0 Å². The summed E-state index contributed by atoms with van der Waals surface area (Å²) in [4.78, 5) is 29.6. The predicted octanol–water partition coefficient (Wildman–Crippen LogP) is 2.21. The van der Waals surface area contributed by atoms with Crippen molar-refractivity contribution in [1.82, 2.24) is 19.6 Å². The molecule has 1 aromatic heterocycles. The van der Waals surface area contributed by atoms with Crippen LogP contribution in [0.4, 0.5) is 4.39 Å². The minimum Gasteiger partial charge on any atom is -0.338 e. The zero-order valence-corrected chi connectivity index (χ0v) is 15.4. The maximum absolute atomic E-state index is 13.2. The highest BCUT2D eigenvalue weighted by Crippen LogP contribution is 2.40. The topological polar surface area (TPSA) is 58.4 Å². The Morgan fingerprint density at radius 2 is 1.96 bits per heavy atom. The maximum atomic E-state index is 13.2. The van der Waals surface area contributed by atoms with Crippen molar-refractivity contribution in [3.05, 3.63) is 53.6 Å². The molecule has 2 amide bonds. The highest BCUT2D eigenvalue weighted by molar-refractivity contribution is 5.94. The van der Waals surface area contributed by atoms with Gasteiger partial charge in [-0.05, 0) is 43.0 Å². The first-order valence-electron chi connectivity index (χ1n) is 9.30. The molecule has 7 heteroatoms. The molecule has 6 nitrogen and oxygen atoms in total. The van der Waals surface area contributed by atoms with E-state index >= 15 is 0 Å². The molecular formula is C20H23FN4O2. The zero-order chi connectivity index (χ0) is 19.0. The first-order valence-corrected chi connectivity index (χ1v) is 9.30. The van der Waals surface area contributed by atoms with Crippen LogP contribution in [0.2, 0.25) is 0 Å². The fourth-order valence-corrected chi connectivity index (χ4v) is 4.28. The number of benzene rings is 1. The van der Waals surface area contributed by atoms with Gasteiger partial charge in [0.2, 0.25) is 5.91 Å². The van der Waals surface area contributed by atoms with E-state index in [1.807, 2.05) is 4.90 Å². The first kappa shape index (κ1) is 17.7. The Morgan fingerprint density at radius 1 is 1.19 bits per heavy atom. The van der Waals surface area contributed by atoms with E-state index in [1.54, 1.807) is 41.0 Å². The summed E-state index contributed by atoms with van der Waals surface area (Å²) in [6, 6.07) is 7.98. The molecule has 142 valence electrons. The molecule has 2 aromatic rings. The van der Waals surface area contributed by atoms with Gasteiger partial charge in [-0.25, -0.2) is 4.39 Å². The second kappa shape index (κ2) is 6.79. The Morgan fingerprint density at radius 3 is 2.67 bits per heavy atom. The summed E-state index contributed by atoms with van der Waals surface area (Å²) in [6.45, 7) is 2.22. The van der Waals surface area contributed by atoms with Crippen LogP contribution in [0, 0.1) is 11.2 Å². The summed E-state index contributed by atoms with van der Waals surface area (Å²) in [5.74, 6) is -0.242. The SMILES string of the molecule is Cn1nccc1C(=O)N1CC[C@]2(CCCN(Cc3ccc(F)cc3)C2=O)C1. The van der Waals surface area contributed by atoms with Crippen molar-refractivity contribution < 1.29 is 14.0 Å². The van der Waals surface area contributed by atoms with Crippen LogP contribution in [-0.2, 0) is 18.4 Å². The van der Waals surface area contributed by atoms with E-state index in [2.05, 4.69) is 5.10 Å². The minimum absolute atomic E-state index is 0.0738. The molecule has 0 radical (unpaired) electrons. The molecule has 0 unspecified atom stereocenters. The van der Waals surface area contributed by atoms with Crippen LogP contribution in [-0.4, -0.2) is 51.0 Å². The number of aryl methyl sites for hydroxylation is 1. The van der Waals surface area contributed by atoms with Crippen LogP contribution in [0.15, 0.2) is 36.5 Å². The number of hydrogen-bond donors (Lipinski definition) is 0. The average molecular weight is 370 g/mol. The van der Waals surface area contributed by atoms with Crippen LogP contribution in [0.3, 0.4) is 0 Å². The lowest BCUT2D eigenvalue weighted by molar-refractivity contribution is -0.146. The third-order valence-electron chi connectivity index (χ3n) is 5.79. The lowest BCUT2D eigenvalue weighted by Crippen LogP contribution is -2.50. The van der Waals surface area contributed by atoms with E-state index in [1.165, 1.54) is 12.1 Å². The van der Waals surface area contributed by atoms with E-state index < -0.39 is 5.41 Å². The van der Waals surface area contributed by atoms with E-state index in [-0.39, 0.29) is 17.6 Å². The number of amides is 2. The lowest BCUT2D eigenvalue weighted by atomic mass is 9.78. The number of carbonyl (C=O) groups excluding carboxylic acids is 2. The molecule has 27 heavy (non-hydrogen) atoms. The van der Waals surface area contributed by atoms with Gasteiger partial charge in [0.1, 0.15) is 11.5 Å². The van der Waals surface area contributed by atoms with Gasteiger partial charge in [0.15, 0.2) is 0 Å². The number of carbonyl (C=O) groups is 2. The monoisotopic (exact) mass is 370 g/mol. The van der Waals surface area contributed by atoms with Crippen LogP contribution < -0.4 is 0 Å². The largest absolute Gasteiger partial charge is 0.338 e. The second-order valence-corrected chi connectivity index (χ2v) is 7.55. The van der Waals surface area contributed by atoms with Gasteiger partial charge in [-0.1, -0.05) is 12.1 Å². The van der Waals surface area contributed by atoms with Crippen LogP contribution >= 0.6 is 0 Å². The van der Waals surface area contributed by atoms with Crippen LogP contribution in [0.5, 0.6) is 0 Å². The number of likely N-dealkylation sites (tertiary alicyclic amines) is 2. The second-order valence-electron chi connectivity index (χ2n) is 7.55. The number of hydrogen-bond acceptors (Lipinski definition) is 3. The quantitative estimate of drug-likeness (QED) is 0.832. The fourth-order valence-electron chi connectivity index (χ4n) is 4.28. The van der Waals surface area contributed by atoms with Crippen molar-refractivity contribution in [1.29, 1.82) is 0 Å². The fraction of sp³-hybridized carbons (Fsp3) is 0.450. The van der Waals surface area contributed by atoms with E-state index in [9.17, 15) is 14.0 Å². The summed E-state index contributed by atoms with van der Waals surface area (Å²) in [5, 5.41) is 4.06. The molecule has 0 aliphatic carbocycles. The maximum Gasteiger partial charge on any atom is 0.272 e. The number of nitrogens with zero attached hydrogens (tertiary/aromatic N) is 4. The molecule has 1 spiro atoms. The van der Waals surface area contributed by atoms with E-state index in [0.717, 1.165) is 18.4 Å². The molecule has 1 aromatic carbocycles. The van der Waals surface area contributed by atoms with E-state index in [4.69, 9.17) is 0 Å². The first-order chi connectivity index (χ1) is 13.0. The molecular weight excluding hydrogens is 347 g/mol. The van der Waals surface area contributed by atoms with Gasteiger partial charge in [-0.15, -0.1) is 0 Å². The van der Waals surface area contributed by atoms with Crippen molar-refractivity contribution in [3.8, 4) is 0 Å². The molecule has 4 rings (SSSR count). The normalized spacial score (nSPS) is 22.7. The molecule has 0 bridgehead atoms. The number of aromatic nitrogens is 2. The highest BCUT2D eigenvalue weighted by atomic mass is 19.1. The van der Waals surface area contributed by atoms with Crippen LogP contribution in [0.1, 0.15) is 35.3 Å². The smallest absolute Gasteiger partial charge is 0.272 e. The Hall–Kier alpha value is -2.70. The zero-order valence-electron chi connectivity index (χ0n) is 15.4. The molecule has 2 aliphatic heterocycles. The van der Waals surface area contributed by atoms with E-state index in [0.29, 0.717) is 38.3 Å². The minimum atomic E-state index is -0.494. The average Bonchev–Trinajstić information content (AvgIpc) is 3.28. The van der Waals surface area contributed by atoms with Gasteiger partial charge in [-0.3, -0.25) is 14.3 Å². The molecule has 0 saturated carbocycles. The standard InChI is InChI=1S/C20H23FN4O2/c1-23-17(7-10-22-23)18(26)25-12-9-20(14-25)8-2-11-24(19(20)27)13-15-3-5-16(21)6-4-15/h3-7,10H,2,8-9,11-14H2,1H3/t20-/m1/s1. The summed E-state index contributed by atoms with van der Waals surface area (Å²) in [6.07, 6.45) is 4.02. The van der Waals surface area contributed by atoms with Gasteiger partial charge >= 0.3 is 0 Å². The van der Waals surface area contributed by atoms with Crippen molar-refractivity contribution >= 4 is 11.8 Å². The van der Waals surface area contributed by atoms with Crippen molar-refractivity contribution in [2.24, 2.45) is 12.5 Å². The highest BCUT2D eigenvalue weighted by Gasteiger charge is 2.49. The predicted molar refractivity (Wildman–Crippen MR) is 97.2 cm³/mol.